The van der Waals surface area contributed by atoms with Crippen LogP contribution in [-0.4, -0.2) is 28.4 Å². The molecular formula is C30H30O5S2. The highest BCUT2D eigenvalue weighted by Crippen LogP contribution is 2.32. The third-order valence-electron chi connectivity index (χ3n) is 6.66. The molecule has 7 heteroatoms. The van der Waals surface area contributed by atoms with E-state index in [1.54, 1.807) is 0 Å². The van der Waals surface area contributed by atoms with Crippen molar-refractivity contribution in [2.45, 2.75) is 65.7 Å². The van der Waals surface area contributed by atoms with Crippen LogP contribution in [0.4, 0.5) is 0 Å². The van der Waals surface area contributed by atoms with E-state index in [2.05, 4.69) is 38.1 Å². The summed E-state index contributed by atoms with van der Waals surface area (Å²) in [5.74, 6) is -1.02. The second kappa shape index (κ2) is 11.5. The van der Waals surface area contributed by atoms with Crippen molar-refractivity contribution >= 4 is 66.2 Å². The van der Waals surface area contributed by atoms with Crippen molar-refractivity contribution in [3.8, 4) is 0 Å². The van der Waals surface area contributed by atoms with Gasteiger partial charge in [-0.15, -0.1) is 22.7 Å². The Bertz CT molecular complexity index is 1410. The molecule has 4 rings (SSSR count). The minimum atomic E-state index is -0.959. The molecule has 0 unspecified atom stereocenters. The summed E-state index contributed by atoms with van der Waals surface area (Å²) < 4.78 is 2.15. The summed E-state index contributed by atoms with van der Waals surface area (Å²) in [7, 11) is 0. The summed E-state index contributed by atoms with van der Waals surface area (Å²) in [6, 6.07) is 12.5. The smallest absolute Gasteiger partial charge is 0.303 e. The summed E-state index contributed by atoms with van der Waals surface area (Å²) in [6.07, 6.45) is 3.24. The van der Waals surface area contributed by atoms with Gasteiger partial charge in [-0.25, -0.2) is 0 Å². The first-order valence-corrected chi connectivity index (χ1v) is 14.1. The number of Topliss-reactive ketones (excluding diaryl/α,β-unsaturated/α-hetero) is 3. The molecule has 0 amide bonds. The van der Waals surface area contributed by atoms with E-state index in [1.807, 2.05) is 12.1 Å². The van der Waals surface area contributed by atoms with Gasteiger partial charge in [0.15, 0.2) is 11.6 Å². The predicted molar refractivity (Wildman–Crippen MR) is 151 cm³/mol. The number of benzene rings is 2. The summed E-state index contributed by atoms with van der Waals surface area (Å²) in [4.78, 5) is 48.2. The zero-order valence-electron chi connectivity index (χ0n) is 21.3. The van der Waals surface area contributed by atoms with Crippen LogP contribution in [0.1, 0.15) is 80.6 Å². The van der Waals surface area contributed by atoms with Gasteiger partial charge in [0.25, 0.3) is 0 Å². The SMILES string of the molecule is CC(=O)CCC(=O)c1cc2cc(CCCc3cc4cc(C(=O)CCC(=O)O)sc4cc3C)c(C)cc2s1. The molecule has 0 bridgehead atoms. The lowest BCUT2D eigenvalue weighted by molar-refractivity contribution is -0.137. The molecule has 0 aliphatic carbocycles. The maximum Gasteiger partial charge on any atom is 0.303 e. The van der Waals surface area contributed by atoms with E-state index in [1.165, 1.54) is 51.9 Å². The van der Waals surface area contributed by atoms with E-state index in [0.717, 1.165) is 39.4 Å². The Morgan fingerprint density at radius 2 is 1.14 bits per heavy atom. The number of carboxylic acids is 1. The largest absolute Gasteiger partial charge is 0.481 e. The van der Waals surface area contributed by atoms with Gasteiger partial charge in [-0.2, -0.15) is 0 Å². The lowest BCUT2D eigenvalue weighted by atomic mass is 9.97. The van der Waals surface area contributed by atoms with Crippen molar-refractivity contribution in [1.29, 1.82) is 0 Å². The van der Waals surface area contributed by atoms with Crippen LogP contribution >= 0.6 is 22.7 Å². The molecule has 2 heterocycles. The minimum Gasteiger partial charge on any atom is -0.481 e. The lowest BCUT2D eigenvalue weighted by Crippen LogP contribution is -2.01. The minimum absolute atomic E-state index is 0.0237. The van der Waals surface area contributed by atoms with Crippen molar-refractivity contribution in [3.63, 3.8) is 0 Å². The summed E-state index contributed by atoms with van der Waals surface area (Å²) in [5.41, 5.74) is 4.93. The number of aryl methyl sites for hydroxylation is 4. The molecule has 4 aromatic rings. The van der Waals surface area contributed by atoms with E-state index >= 15 is 0 Å². The number of ketones is 3. The van der Waals surface area contributed by atoms with E-state index in [0.29, 0.717) is 9.75 Å². The Balaban J connectivity index is 1.44. The van der Waals surface area contributed by atoms with Gasteiger partial charge in [0.05, 0.1) is 16.2 Å². The lowest BCUT2D eigenvalue weighted by Gasteiger charge is -2.09. The van der Waals surface area contributed by atoms with E-state index in [9.17, 15) is 19.2 Å². The topological polar surface area (TPSA) is 88.5 Å². The van der Waals surface area contributed by atoms with Crippen molar-refractivity contribution in [2.24, 2.45) is 0 Å². The molecule has 0 atom stereocenters. The van der Waals surface area contributed by atoms with E-state index < -0.39 is 5.97 Å². The normalized spacial score (nSPS) is 11.3. The molecule has 0 saturated heterocycles. The second-order valence-electron chi connectivity index (χ2n) is 9.65. The van der Waals surface area contributed by atoms with Crippen molar-refractivity contribution in [3.05, 3.63) is 68.4 Å². The van der Waals surface area contributed by atoms with Crippen LogP contribution in [-0.2, 0) is 22.4 Å². The zero-order valence-corrected chi connectivity index (χ0v) is 22.9. The van der Waals surface area contributed by atoms with Crippen molar-refractivity contribution in [2.75, 3.05) is 0 Å². The Hall–Kier alpha value is -3.16. The average Bonchev–Trinajstić information content (AvgIpc) is 3.44. The second-order valence-corrected chi connectivity index (χ2v) is 11.8. The summed E-state index contributed by atoms with van der Waals surface area (Å²) >= 11 is 2.93. The zero-order chi connectivity index (χ0) is 26.7. The van der Waals surface area contributed by atoms with Crippen LogP contribution in [0.5, 0.6) is 0 Å². The fourth-order valence-electron chi connectivity index (χ4n) is 4.51. The summed E-state index contributed by atoms with van der Waals surface area (Å²) in [6.45, 7) is 5.71. The Morgan fingerprint density at radius 3 is 1.57 bits per heavy atom. The van der Waals surface area contributed by atoms with Crippen molar-refractivity contribution in [1.82, 2.24) is 0 Å². The fourth-order valence-corrected chi connectivity index (χ4v) is 6.73. The molecule has 1 N–H and O–H groups in total. The number of aliphatic carboxylic acids is 1. The third-order valence-corrected chi connectivity index (χ3v) is 8.94. The molecule has 0 saturated carbocycles. The Morgan fingerprint density at radius 1 is 0.676 bits per heavy atom. The van der Waals surface area contributed by atoms with Crippen LogP contribution in [0.3, 0.4) is 0 Å². The van der Waals surface area contributed by atoms with Gasteiger partial charge >= 0.3 is 5.97 Å². The number of fused-ring (bicyclic) bond motifs is 2. The monoisotopic (exact) mass is 534 g/mol. The highest BCUT2D eigenvalue weighted by Gasteiger charge is 2.15. The number of thiophene rings is 2. The third kappa shape index (κ3) is 6.59. The quantitative estimate of drug-likeness (QED) is 0.190. The number of carboxylic acid groups (broad SMARTS) is 1. The fraction of sp³-hybridized carbons (Fsp3) is 0.333. The van der Waals surface area contributed by atoms with Crippen LogP contribution in [0.15, 0.2) is 36.4 Å². The van der Waals surface area contributed by atoms with Gasteiger partial charge in [0.1, 0.15) is 5.78 Å². The molecule has 2 aromatic heterocycles. The molecule has 0 radical (unpaired) electrons. The molecule has 5 nitrogen and oxygen atoms in total. The standard InChI is InChI=1S/C30H30O5S2/c1-17-11-26-22(15-28(36-26)24(32)8-7-19(3)31)13-20(17)5-4-6-21-14-23-16-29(25(33)9-10-30(34)35)37-27(23)12-18(21)2/h11-16H,4-10H2,1-3H3,(H,34,35). The number of carbonyl (C=O) groups excluding carboxylic acids is 3. The molecular weight excluding hydrogens is 504 g/mol. The van der Waals surface area contributed by atoms with Crippen LogP contribution in [0, 0.1) is 13.8 Å². The molecule has 192 valence electrons. The highest BCUT2D eigenvalue weighted by molar-refractivity contribution is 7.21. The van der Waals surface area contributed by atoms with Gasteiger partial charge in [0, 0.05) is 28.7 Å². The van der Waals surface area contributed by atoms with Gasteiger partial charge in [0.2, 0.25) is 0 Å². The van der Waals surface area contributed by atoms with E-state index in [-0.39, 0.29) is 43.0 Å². The van der Waals surface area contributed by atoms with Gasteiger partial charge in [-0.1, -0.05) is 12.1 Å². The maximum atomic E-state index is 12.5. The first-order chi connectivity index (χ1) is 17.6. The molecule has 0 aliphatic rings. The first-order valence-electron chi connectivity index (χ1n) is 12.4. The number of hydrogen-bond donors (Lipinski definition) is 1. The van der Waals surface area contributed by atoms with Gasteiger partial charge < -0.3 is 9.90 Å². The Labute approximate surface area is 224 Å². The molecule has 0 spiro atoms. The number of hydrogen-bond acceptors (Lipinski definition) is 6. The number of rotatable bonds is 12. The predicted octanol–water partition coefficient (Wildman–Crippen LogP) is 7.51. The Kier molecular flexibility index (Phi) is 8.35. The average molecular weight is 535 g/mol. The van der Waals surface area contributed by atoms with Gasteiger partial charge in [-0.05, 0) is 97.3 Å². The highest BCUT2D eigenvalue weighted by atomic mass is 32.1. The molecule has 37 heavy (non-hydrogen) atoms. The van der Waals surface area contributed by atoms with Crippen molar-refractivity contribution < 1.29 is 24.3 Å². The van der Waals surface area contributed by atoms with Gasteiger partial charge in [-0.3, -0.25) is 14.4 Å². The first kappa shape index (κ1) is 26.9. The maximum absolute atomic E-state index is 12.5. The van der Waals surface area contributed by atoms with Crippen LogP contribution < -0.4 is 0 Å². The number of carbonyl (C=O) groups is 4. The van der Waals surface area contributed by atoms with E-state index in [4.69, 9.17) is 5.11 Å². The molecule has 0 aliphatic heterocycles. The molecule has 0 fully saturated rings. The van der Waals surface area contributed by atoms with Crippen LogP contribution in [0.25, 0.3) is 20.2 Å². The molecule has 2 aromatic carbocycles. The summed E-state index contributed by atoms with van der Waals surface area (Å²) in [5, 5.41) is 10.9. The van der Waals surface area contributed by atoms with Crippen LogP contribution in [0.2, 0.25) is 0 Å².